The average Bonchev–Trinajstić information content (AvgIpc) is 3.23. The fraction of sp³-hybridized carbons (Fsp3) is 0.429. The number of halogens is 3. The maximum atomic E-state index is 14.0. The number of fused-ring (bicyclic) bond motifs is 1. The molecule has 0 saturated carbocycles. The van der Waals surface area contributed by atoms with Crippen LogP contribution in [0.3, 0.4) is 0 Å². The summed E-state index contributed by atoms with van der Waals surface area (Å²) in [5, 5.41) is 2.06. The third-order valence-electron chi connectivity index (χ3n) is 5.43. The van der Waals surface area contributed by atoms with E-state index in [-0.39, 0.29) is 42.1 Å². The summed E-state index contributed by atoms with van der Waals surface area (Å²) in [5.74, 6) is 0. The quantitative estimate of drug-likeness (QED) is 0.423. The third-order valence-corrected chi connectivity index (χ3v) is 6.86. The molecule has 0 fully saturated rings. The number of aromatic nitrogens is 4. The van der Waals surface area contributed by atoms with Crippen molar-refractivity contribution in [3.8, 4) is 11.3 Å². The van der Waals surface area contributed by atoms with Gasteiger partial charge in [-0.2, -0.15) is 18.3 Å². The Morgan fingerprint density at radius 3 is 2.47 bits per heavy atom. The number of benzene rings is 1. The van der Waals surface area contributed by atoms with Crippen LogP contribution in [-0.4, -0.2) is 46.7 Å². The van der Waals surface area contributed by atoms with Gasteiger partial charge in [0, 0.05) is 24.1 Å². The number of alkyl halides is 3. The summed E-state index contributed by atoms with van der Waals surface area (Å²) < 4.78 is 73.2. The Morgan fingerprint density at radius 2 is 1.92 bits per heavy atom. The van der Waals surface area contributed by atoms with Crippen LogP contribution >= 0.6 is 0 Å². The second kappa shape index (κ2) is 9.79. The number of carbonyl (C=O) groups excluding carboxylic acids is 1. The average molecular weight is 532 g/mol. The normalized spacial score (nSPS) is 13.3. The molecule has 0 radical (unpaired) electrons. The molecule has 15 heteroatoms. The van der Waals surface area contributed by atoms with Gasteiger partial charge in [-0.25, -0.2) is 22.6 Å². The summed E-state index contributed by atoms with van der Waals surface area (Å²) in [7, 11) is -4.06. The van der Waals surface area contributed by atoms with Gasteiger partial charge in [-0.3, -0.25) is 9.48 Å². The number of primary amides is 1. The zero-order valence-electron chi connectivity index (χ0n) is 19.5. The molecule has 3 aromatic rings. The van der Waals surface area contributed by atoms with E-state index in [4.69, 9.17) is 5.73 Å². The van der Waals surface area contributed by atoms with Crippen LogP contribution in [0.5, 0.6) is 0 Å². The highest BCUT2D eigenvalue weighted by molar-refractivity contribution is 7.90. The number of nitrogens with zero attached hydrogens (tertiary/aromatic N) is 3. The number of nitrogens with one attached hydrogen (secondary N) is 1. The predicted octanol–water partition coefficient (Wildman–Crippen LogP) is 2.57. The van der Waals surface area contributed by atoms with E-state index in [1.807, 2.05) is 0 Å². The van der Waals surface area contributed by atoms with Crippen molar-refractivity contribution in [2.24, 2.45) is 5.73 Å². The van der Waals surface area contributed by atoms with Crippen molar-refractivity contribution in [3.05, 3.63) is 50.8 Å². The number of carbonyl (C=O) groups is 1. The first kappa shape index (κ1) is 27.0. The molecule has 0 spiro atoms. The SMILES string of the molecule is CC(C)n1nccc1-c1cc2c(=O)n(C(CCCOC(N)=O)S(C)(=O)=O)c(=O)[nH]c2cc1C(F)(F)F. The molecule has 196 valence electrons. The lowest BCUT2D eigenvalue weighted by molar-refractivity contribution is -0.137. The lowest BCUT2D eigenvalue weighted by atomic mass is 10.0. The first-order chi connectivity index (χ1) is 16.6. The monoisotopic (exact) mass is 531 g/mol. The summed E-state index contributed by atoms with van der Waals surface area (Å²) >= 11 is 0. The maximum Gasteiger partial charge on any atom is 0.417 e. The number of hydrogen-bond donors (Lipinski definition) is 2. The number of nitrogens with two attached hydrogens (primary N) is 1. The number of hydrogen-bond acceptors (Lipinski definition) is 7. The minimum absolute atomic E-state index is 0.0591. The van der Waals surface area contributed by atoms with E-state index in [0.29, 0.717) is 10.6 Å². The van der Waals surface area contributed by atoms with Crippen molar-refractivity contribution in [3.63, 3.8) is 0 Å². The predicted molar refractivity (Wildman–Crippen MR) is 124 cm³/mol. The summed E-state index contributed by atoms with van der Waals surface area (Å²) in [6.45, 7) is 3.17. The molecule has 11 nitrogen and oxygen atoms in total. The van der Waals surface area contributed by atoms with Gasteiger partial charge in [-0.15, -0.1) is 0 Å². The van der Waals surface area contributed by atoms with Crippen LogP contribution in [-0.2, 0) is 20.8 Å². The van der Waals surface area contributed by atoms with E-state index < -0.39 is 49.8 Å². The second-order valence-corrected chi connectivity index (χ2v) is 10.6. The summed E-state index contributed by atoms with van der Waals surface area (Å²) in [4.78, 5) is 39.0. The Hall–Kier alpha value is -3.62. The summed E-state index contributed by atoms with van der Waals surface area (Å²) in [6, 6.07) is 2.67. The van der Waals surface area contributed by atoms with Crippen LogP contribution in [0, 0.1) is 0 Å². The smallest absolute Gasteiger partial charge is 0.417 e. The van der Waals surface area contributed by atoms with Crippen LogP contribution in [0.15, 0.2) is 34.0 Å². The molecule has 0 saturated heterocycles. The molecule has 1 aromatic carbocycles. The first-order valence-electron chi connectivity index (χ1n) is 10.7. The fourth-order valence-corrected chi connectivity index (χ4v) is 5.06. The van der Waals surface area contributed by atoms with Gasteiger partial charge in [0.1, 0.15) is 5.37 Å². The Kier molecular flexibility index (Phi) is 7.34. The molecule has 1 atom stereocenters. The highest BCUT2D eigenvalue weighted by atomic mass is 32.2. The van der Waals surface area contributed by atoms with Crippen molar-refractivity contribution in [1.82, 2.24) is 19.3 Å². The zero-order chi connectivity index (χ0) is 27.0. The van der Waals surface area contributed by atoms with Gasteiger partial charge in [0.15, 0.2) is 9.84 Å². The van der Waals surface area contributed by atoms with E-state index >= 15 is 0 Å². The highest BCUT2D eigenvalue weighted by Crippen LogP contribution is 2.39. The molecule has 36 heavy (non-hydrogen) atoms. The van der Waals surface area contributed by atoms with E-state index in [1.165, 1.54) is 16.9 Å². The molecule has 2 heterocycles. The Labute approximate surface area is 202 Å². The number of rotatable bonds is 8. The molecule has 2 aromatic heterocycles. The number of amides is 1. The third kappa shape index (κ3) is 5.45. The van der Waals surface area contributed by atoms with Crippen LogP contribution in [0.2, 0.25) is 0 Å². The van der Waals surface area contributed by atoms with E-state index in [1.54, 1.807) is 13.8 Å². The molecular formula is C21H24F3N5O6S. The minimum atomic E-state index is -4.84. The molecule has 3 N–H and O–H groups in total. The number of ether oxygens (including phenoxy) is 1. The zero-order valence-corrected chi connectivity index (χ0v) is 20.3. The molecule has 1 amide bonds. The lowest BCUT2D eigenvalue weighted by Gasteiger charge is -2.19. The van der Waals surface area contributed by atoms with Crippen molar-refractivity contribution >= 4 is 26.8 Å². The molecule has 1 unspecified atom stereocenters. The number of H-pyrrole nitrogens is 1. The van der Waals surface area contributed by atoms with Crippen molar-refractivity contribution in [2.45, 2.75) is 44.3 Å². The summed E-state index contributed by atoms with van der Waals surface area (Å²) in [5.41, 5.74) is 0.789. The Morgan fingerprint density at radius 1 is 1.25 bits per heavy atom. The topological polar surface area (TPSA) is 159 Å². The van der Waals surface area contributed by atoms with E-state index in [0.717, 1.165) is 12.3 Å². The lowest BCUT2D eigenvalue weighted by Crippen LogP contribution is -2.41. The standard InChI is InChI=1S/C21H24F3N5O6S/c1-11(2)29-16(6-7-26-29)12-9-13-15(10-14(12)21(22,23)24)27-20(32)28(18(13)30)17(36(3,33)34)5-4-8-35-19(25)31/h6-7,9-11,17H,4-5,8H2,1-3H3,(H2,25,31)(H,27,32). The van der Waals surface area contributed by atoms with Gasteiger partial charge in [0.2, 0.25) is 0 Å². The van der Waals surface area contributed by atoms with Crippen molar-refractivity contribution in [1.29, 1.82) is 0 Å². The molecule has 0 aliphatic rings. The molecule has 0 aliphatic carbocycles. The van der Waals surface area contributed by atoms with Gasteiger partial charge >= 0.3 is 18.0 Å². The number of sulfone groups is 1. The van der Waals surface area contributed by atoms with Crippen molar-refractivity contribution < 1.29 is 31.1 Å². The number of aromatic amines is 1. The van der Waals surface area contributed by atoms with Gasteiger partial charge in [0.25, 0.3) is 5.56 Å². The van der Waals surface area contributed by atoms with Gasteiger partial charge < -0.3 is 15.5 Å². The first-order valence-corrected chi connectivity index (χ1v) is 12.6. The van der Waals surface area contributed by atoms with E-state index in [9.17, 15) is 36.0 Å². The largest absolute Gasteiger partial charge is 0.450 e. The van der Waals surface area contributed by atoms with Crippen LogP contribution in [0.4, 0.5) is 18.0 Å². The van der Waals surface area contributed by atoms with Crippen molar-refractivity contribution in [2.75, 3.05) is 12.9 Å². The van der Waals surface area contributed by atoms with Gasteiger partial charge in [-0.1, -0.05) is 0 Å². The maximum absolute atomic E-state index is 14.0. The van der Waals surface area contributed by atoms with E-state index in [2.05, 4.69) is 14.8 Å². The van der Waals surface area contributed by atoms with Crippen LogP contribution in [0.25, 0.3) is 22.2 Å². The molecular weight excluding hydrogens is 507 g/mol. The molecule has 3 rings (SSSR count). The molecule has 0 bridgehead atoms. The Bertz CT molecular complexity index is 1520. The van der Waals surface area contributed by atoms with Crippen LogP contribution in [0.1, 0.15) is 43.7 Å². The molecule has 0 aliphatic heterocycles. The van der Waals surface area contributed by atoms with Crippen LogP contribution < -0.4 is 17.0 Å². The summed E-state index contributed by atoms with van der Waals surface area (Å²) in [6.07, 6.45) is -4.15. The van der Waals surface area contributed by atoms with Gasteiger partial charge in [-0.05, 0) is 44.9 Å². The van der Waals surface area contributed by atoms with Gasteiger partial charge in [0.05, 0.1) is 28.8 Å². The fourth-order valence-electron chi connectivity index (χ4n) is 3.89. The highest BCUT2D eigenvalue weighted by Gasteiger charge is 2.36. The second-order valence-electron chi connectivity index (χ2n) is 8.40. The Balaban J connectivity index is 2.28. The minimum Gasteiger partial charge on any atom is -0.450 e.